The number of hydrogen-bond donors (Lipinski definition) is 1. The molecular formula is C25H17ClN4O9. The number of amides is 4. The van der Waals surface area contributed by atoms with Crippen LogP contribution in [0, 0.1) is 20.2 Å². The Bertz CT molecular complexity index is 1570. The molecule has 1 heterocycles. The Balaban J connectivity index is 1.70. The summed E-state index contributed by atoms with van der Waals surface area (Å²) in [6, 6.07) is 12.3. The zero-order valence-electron chi connectivity index (χ0n) is 20.0. The molecule has 198 valence electrons. The fourth-order valence-corrected chi connectivity index (χ4v) is 3.83. The molecule has 1 aliphatic rings. The van der Waals surface area contributed by atoms with Crippen LogP contribution < -0.4 is 19.7 Å². The Morgan fingerprint density at radius 2 is 1.67 bits per heavy atom. The van der Waals surface area contributed by atoms with E-state index in [1.165, 1.54) is 36.4 Å². The summed E-state index contributed by atoms with van der Waals surface area (Å²) in [6.45, 7) is 1.83. The van der Waals surface area contributed by atoms with E-state index >= 15 is 0 Å². The number of halogens is 1. The Labute approximate surface area is 224 Å². The van der Waals surface area contributed by atoms with Gasteiger partial charge in [-0.3, -0.25) is 35.1 Å². The predicted octanol–water partition coefficient (Wildman–Crippen LogP) is 5.01. The third kappa shape index (κ3) is 5.52. The van der Waals surface area contributed by atoms with E-state index in [2.05, 4.69) is 5.32 Å². The fourth-order valence-electron chi connectivity index (χ4n) is 3.61. The predicted molar refractivity (Wildman–Crippen MR) is 138 cm³/mol. The van der Waals surface area contributed by atoms with E-state index in [1.54, 1.807) is 19.1 Å². The molecule has 0 unspecified atom stereocenters. The number of nitro benzene ring substituents is 2. The number of nitrogens with zero attached hydrogens (tertiary/aromatic N) is 3. The highest BCUT2D eigenvalue weighted by Gasteiger charge is 2.37. The molecule has 1 N–H and O–H groups in total. The minimum Gasteiger partial charge on any atom is -0.490 e. The van der Waals surface area contributed by atoms with Crippen LogP contribution in [0.3, 0.4) is 0 Å². The molecule has 4 amide bonds. The summed E-state index contributed by atoms with van der Waals surface area (Å²) < 4.78 is 11.2. The second-order valence-electron chi connectivity index (χ2n) is 7.82. The maximum atomic E-state index is 13.1. The molecule has 0 saturated carbocycles. The Kier molecular flexibility index (Phi) is 7.53. The van der Waals surface area contributed by atoms with Gasteiger partial charge >= 0.3 is 11.7 Å². The van der Waals surface area contributed by atoms with Gasteiger partial charge in [0.1, 0.15) is 5.57 Å². The Morgan fingerprint density at radius 3 is 2.33 bits per heavy atom. The maximum Gasteiger partial charge on any atom is 0.335 e. The number of para-hydroxylation sites is 1. The monoisotopic (exact) mass is 552 g/mol. The van der Waals surface area contributed by atoms with Gasteiger partial charge in [-0.25, -0.2) is 9.69 Å². The van der Waals surface area contributed by atoms with Crippen LogP contribution in [-0.2, 0) is 9.59 Å². The highest BCUT2D eigenvalue weighted by atomic mass is 35.5. The van der Waals surface area contributed by atoms with Gasteiger partial charge in [0.15, 0.2) is 11.5 Å². The van der Waals surface area contributed by atoms with Crippen molar-refractivity contribution >= 4 is 52.6 Å². The molecule has 1 saturated heterocycles. The van der Waals surface area contributed by atoms with E-state index in [0.29, 0.717) is 5.56 Å². The SMILES string of the molecule is CCOc1cc(/C=C2\C(=O)NC(=O)N(c3ccccc3Cl)C2=O)ccc1Oc1ccc([N+](=O)[O-])cc1[N+](=O)[O-]. The van der Waals surface area contributed by atoms with E-state index in [1.807, 2.05) is 0 Å². The number of barbiturate groups is 1. The van der Waals surface area contributed by atoms with E-state index in [-0.39, 0.29) is 40.1 Å². The molecule has 0 spiro atoms. The number of nitro groups is 2. The lowest BCUT2D eigenvalue weighted by Gasteiger charge is -2.27. The van der Waals surface area contributed by atoms with Gasteiger partial charge in [-0.05, 0) is 48.9 Å². The molecule has 14 heteroatoms. The van der Waals surface area contributed by atoms with Gasteiger partial charge in [0.2, 0.25) is 5.75 Å². The molecule has 0 radical (unpaired) electrons. The lowest BCUT2D eigenvalue weighted by molar-refractivity contribution is -0.394. The van der Waals surface area contributed by atoms with Gasteiger partial charge in [0.05, 0.1) is 33.2 Å². The summed E-state index contributed by atoms with van der Waals surface area (Å²) in [5.74, 6) is -1.97. The summed E-state index contributed by atoms with van der Waals surface area (Å²) in [4.78, 5) is 59.7. The number of non-ortho nitro benzene ring substituents is 1. The highest BCUT2D eigenvalue weighted by Crippen LogP contribution is 2.39. The standard InChI is InChI=1S/C25H17ClN4O9/c1-2-38-22-12-14(7-9-21(22)39-20-10-8-15(29(34)35)13-19(20)30(36)37)11-16-23(31)27-25(33)28(24(16)32)18-6-4-3-5-17(18)26/h3-13H,2H2,1H3,(H,27,31,33)/b16-11+. The van der Waals surface area contributed by atoms with Crippen LogP contribution in [0.25, 0.3) is 6.08 Å². The summed E-state index contributed by atoms with van der Waals surface area (Å²) >= 11 is 6.14. The summed E-state index contributed by atoms with van der Waals surface area (Å²) in [5.41, 5.74) is -1.09. The first-order valence-electron chi connectivity index (χ1n) is 11.1. The third-order valence-electron chi connectivity index (χ3n) is 5.34. The molecule has 1 aliphatic heterocycles. The van der Waals surface area contributed by atoms with Crippen molar-refractivity contribution in [2.75, 3.05) is 11.5 Å². The van der Waals surface area contributed by atoms with Gasteiger partial charge in [-0.15, -0.1) is 0 Å². The molecular weight excluding hydrogens is 536 g/mol. The molecule has 0 bridgehead atoms. The molecule has 0 atom stereocenters. The summed E-state index contributed by atoms with van der Waals surface area (Å²) in [6.07, 6.45) is 1.23. The van der Waals surface area contributed by atoms with E-state index in [9.17, 15) is 34.6 Å². The van der Waals surface area contributed by atoms with Gasteiger partial charge < -0.3 is 9.47 Å². The number of urea groups is 1. The molecule has 39 heavy (non-hydrogen) atoms. The van der Waals surface area contributed by atoms with E-state index in [4.69, 9.17) is 21.1 Å². The van der Waals surface area contributed by atoms with Gasteiger partial charge in [-0.1, -0.05) is 29.8 Å². The first kappa shape index (κ1) is 26.8. The van der Waals surface area contributed by atoms with Crippen molar-refractivity contribution in [2.24, 2.45) is 0 Å². The normalized spacial score (nSPS) is 14.3. The number of ether oxygens (including phenoxy) is 2. The van der Waals surface area contributed by atoms with Crippen LogP contribution in [-0.4, -0.2) is 34.3 Å². The number of imide groups is 2. The maximum absolute atomic E-state index is 13.1. The van der Waals surface area contributed by atoms with E-state index in [0.717, 1.165) is 23.1 Å². The van der Waals surface area contributed by atoms with Crippen LogP contribution in [0.4, 0.5) is 21.9 Å². The van der Waals surface area contributed by atoms with Crippen molar-refractivity contribution < 1.29 is 33.7 Å². The average Bonchev–Trinajstić information content (AvgIpc) is 2.89. The molecule has 13 nitrogen and oxygen atoms in total. The van der Waals surface area contributed by atoms with Crippen LogP contribution in [0.2, 0.25) is 5.02 Å². The van der Waals surface area contributed by atoms with Crippen LogP contribution in [0.5, 0.6) is 17.2 Å². The molecule has 1 fully saturated rings. The van der Waals surface area contributed by atoms with Crippen molar-refractivity contribution in [3.8, 4) is 17.2 Å². The van der Waals surface area contributed by atoms with Crippen LogP contribution in [0.1, 0.15) is 12.5 Å². The molecule has 3 aromatic rings. The number of rotatable bonds is 8. The van der Waals surface area contributed by atoms with Crippen molar-refractivity contribution in [3.05, 3.63) is 97.1 Å². The number of hydrogen-bond acceptors (Lipinski definition) is 9. The van der Waals surface area contributed by atoms with Crippen molar-refractivity contribution in [3.63, 3.8) is 0 Å². The number of anilines is 1. The largest absolute Gasteiger partial charge is 0.490 e. The lowest BCUT2D eigenvalue weighted by atomic mass is 10.1. The number of nitrogens with one attached hydrogen (secondary N) is 1. The zero-order chi connectivity index (χ0) is 28.3. The second kappa shape index (κ2) is 11.0. The van der Waals surface area contributed by atoms with Crippen molar-refractivity contribution in [1.29, 1.82) is 0 Å². The Hall–Kier alpha value is -5.30. The quantitative estimate of drug-likeness (QED) is 0.174. The molecule has 0 aliphatic carbocycles. The number of carbonyl (C=O) groups excluding carboxylic acids is 3. The first-order chi connectivity index (χ1) is 18.6. The average molecular weight is 553 g/mol. The summed E-state index contributed by atoms with van der Waals surface area (Å²) in [5, 5.41) is 24.7. The lowest BCUT2D eigenvalue weighted by Crippen LogP contribution is -2.54. The van der Waals surface area contributed by atoms with Crippen LogP contribution in [0.15, 0.2) is 66.2 Å². The second-order valence-corrected chi connectivity index (χ2v) is 8.22. The molecule has 3 aromatic carbocycles. The van der Waals surface area contributed by atoms with Gasteiger partial charge in [-0.2, -0.15) is 0 Å². The number of carbonyl (C=O) groups is 3. The Morgan fingerprint density at radius 1 is 0.949 bits per heavy atom. The minimum atomic E-state index is -0.960. The molecule has 0 aromatic heterocycles. The zero-order valence-corrected chi connectivity index (χ0v) is 20.7. The molecule has 4 rings (SSSR count). The highest BCUT2D eigenvalue weighted by molar-refractivity contribution is 6.42. The third-order valence-corrected chi connectivity index (χ3v) is 5.66. The van der Waals surface area contributed by atoms with Crippen molar-refractivity contribution in [2.45, 2.75) is 6.92 Å². The number of benzene rings is 3. The van der Waals surface area contributed by atoms with Gasteiger partial charge in [0.25, 0.3) is 17.5 Å². The minimum absolute atomic E-state index is 0.0308. The topological polar surface area (TPSA) is 171 Å². The smallest absolute Gasteiger partial charge is 0.335 e. The van der Waals surface area contributed by atoms with Crippen molar-refractivity contribution in [1.82, 2.24) is 5.32 Å². The van der Waals surface area contributed by atoms with Crippen LogP contribution >= 0.6 is 11.6 Å². The van der Waals surface area contributed by atoms with E-state index < -0.39 is 39.1 Å². The fraction of sp³-hybridized carbons (Fsp3) is 0.0800. The summed E-state index contributed by atoms with van der Waals surface area (Å²) in [7, 11) is 0. The first-order valence-corrected chi connectivity index (χ1v) is 11.5. The van der Waals surface area contributed by atoms with Gasteiger partial charge in [0, 0.05) is 6.07 Å².